The molecular weight excluding hydrogens is 386 g/mol. The second-order valence-electron chi connectivity index (χ2n) is 7.34. The van der Waals surface area contributed by atoms with Crippen molar-refractivity contribution in [2.24, 2.45) is 0 Å². The van der Waals surface area contributed by atoms with Crippen LogP contribution >= 0.6 is 12.2 Å². The summed E-state index contributed by atoms with van der Waals surface area (Å²) in [5, 5.41) is 6.03. The minimum Gasteiger partial charge on any atom is -0.491 e. The van der Waals surface area contributed by atoms with Gasteiger partial charge in [0.1, 0.15) is 25.4 Å². The molecule has 0 atom stereocenters. The van der Waals surface area contributed by atoms with Crippen molar-refractivity contribution < 1.29 is 19.2 Å². The monoisotopic (exact) mass is 414 g/mol. The van der Waals surface area contributed by atoms with E-state index in [9.17, 15) is 4.79 Å². The molecule has 1 amide bonds. The van der Waals surface area contributed by atoms with Crippen molar-refractivity contribution in [1.82, 2.24) is 5.32 Å². The van der Waals surface area contributed by atoms with E-state index in [1.807, 2.05) is 26.0 Å². The third kappa shape index (κ3) is 6.81. The normalized spacial score (nSPS) is 14.4. The summed E-state index contributed by atoms with van der Waals surface area (Å²) >= 11 is 5.27. The highest BCUT2D eigenvalue weighted by Crippen LogP contribution is 2.14. The molecule has 2 aromatic rings. The topological polar surface area (TPSA) is 64.0 Å². The summed E-state index contributed by atoms with van der Waals surface area (Å²) in [4.78, 5) is 13.9. The number of carbonyl (C=O) groups excluding carboxylic acids is 1. The van der Waals surface area contributed by atoms with Gasteiger partial charge >= 0.3 is 0 Å². The molecule has 1 aliphatic rings. The summed E-state index contributed by atoms with van der Waals surface area (Å²) in [5.74, 6) is 0.474. The predicted octanol–water partition coefficient (Wildman–Crippen LogP) is 2.02. The minimum absolute atomic E-state index is 0.0909. The number of rotatable bonds is 6. The van der Waals surface area contributed by atoms with Crippen LogP contribution in [-0.4, -0.2) is 43.4 Å². The van der Waals surface area contributed by atoms with E-state index in [0.29, 0.717) is 5.56 Å². The van der Waals surface area contributed by atoms with Crippen molar-refractivity contribution in [2.75, 3.05) is 31.6 Å². The molecule has 3 rings (SSSR count). The van der Waals surface area contributed by atoms with E-state index in [2.05, 4.69) is 22.8 Å². The molecule has 3 N–H and O–H groups in total. The van der Waals surface area contributed by atoms with E-state index < -0.39 is 0 Å². The maximum Gasteiger partial charge on any atom is 0.257 e. The molecule has 0 saturated carbocycles. The zero-order valence-electron chi connectivity index (χ0n) is 16.9. The Morgan fingerprint density at radius 1 is 1.10 bits per heavy atom. The maximum atomic E-state index is 12.4. The molecule has 0 unspecified atom stereocenters. The van der Waals surface area contributed by atoms with E-state index in [1.54, 1.807) is 24.3 Å². The molecule has 1 saturated heterocycles. The predicted molar refractivity (Wildman–Crippen MR) is 118 cm³/mol. The van der Waals surface area contributed by atoms with Crippen LogP contribution in [0, 0.1) is 0 Å². The molecule has 7 heteroatoms. The van der Waals surface area contributed by atoms with E-state index in [4.69, 9.17) is 21.7 Å². The third-order valence-corrected chi connectivity index (χ3v) is 4.79. The molecule has 154 valence electrons. The number of quaternary nitrogens is 1. The van der Waals surface area contributed by atoms with Gasteiger partial charge in [0.25, 0.3) is 5.91 Å². The highest BCUT2D eigenvalue weighted by atomic mass is 32.1. The van der Waals surface area contributed by atoms with E-state index in [-0.39, 0.29) is 17.1 Å². The molecule has 0 radical (unpaired) electrons. The quantitative estimate of drug-likeness (QED) is 0.632. The first-order chi connectivity index (χ1) is 14.0. The molecule has 1 fully saturated rings. The Hall–Kier alpha value is -2.48. The lowest BCUT2D eigenvalue weighted by atomic mass is 10.2. The second-order valence-corrected chi connectivity index (χ2v) is 7.74. The molecule has 6 nitrogen and oxygen atoms in total. The number of anilines is 1. The number of hydrogen-bond acceptors (Lipinski definition) is 4. The number of morpholine rings is 1. The number of thiocarbonyl (C=S) groups is 1. The summed E-state index contributed by atoms with van der Waals surface area (Å²) in [6.45, 7) is 8.65. The Kier molecular flexibility index (Phi) is 7.57. The number of ether oxygens (including phenoxy) is 2. The van der Waals surface area contributed by atoms with Crippen molar-refractivity contribution in [3.63, 3.8) is 0 Å². The summed E-state index contributed by atoms with van der Waals surface area (Å²) in [7, 11) is 0. The highest BCUT2D eigenvalue weighted by Gasteiger charge is 2.14. The van der Waals surface area contributed by atoms with Gasteiger partial charge in [0.2, 0.25) is 0 Å². The zero-order valence-corrected chi connectivity index (χ0v) is 17.7. The first kappa shape index (κ1) is 21.2. The molecule has 1 aliphatic heterocycles. The van der Waals surface area contributed by atoms with Crippen molar-refractivity contribution in [3.8, 4) is 5.75 Å². The third-order valence-electron chi connectivity index (χ3n) is 4.58. The number of benzene rings is 2. The zero-order chi connectivity index (χ0) is 20.6. The molecule has 0 bridgehead atoms. The second kappa shape index (κ2) is 10.3. The Morgan fingerprint density at radius 2 is 1.76 bits per heavy atom. The lowest BCUT2D eigenvalue weighted by Gasteiger charge is -2.23. The molecule has 29 heavy (non-hydrogen) atoms. The van der Waals surface area contributed by atoms with Gasteiger partial charge in [-0.05, 0) is 62.5 Å². The summed E-state index contributed by atoms with van der Waals surface area (Å²) in [6.07, 6.45) is 0.0909. The Bertz CT molecular complexity index is 816. The molecule has 2 aromatic carbocycles. The molecule has 1 heterocycles. The van der Waals surface area contributed by atoms with Crippen LogP contribution in [0.3, 0.4) is 0 Å². The lowest BCUT2D eigenvalue weighted by Crippen LogP contribution is -3.12. The fourth-order valence-electron chi connectivity index (χ4n) is 3.13. The fraction of sp³-hybridized carbons (Fsp3) is 0.364. The van der Waals surface area contributed by atoms with Crippen molar-refractivity contribution >= 4 is 28.9 Å². The summed E-state index contributed by atoms with van der Waals surface area (Å²) < 4.78 is 11.0. The molecule has 0 spiro atoms. The number of nitrogens with one attached hydrogen (secondary N) is 3. The first-order valence-electron chi connectivity index (χ1n) is 9.89. The minimum atomic E-state index is -0.258. The molecular formula is C22H28N3O3S+. The van der Waals surface area contributed by atoms with Crippen LogP contribution < -0.4 is 20.3 Å². The van der Waals surface area contributed by atoms with Gasteiger partial charge in [-0.25, -0.2) is 0 Å². The van der Waals surface area contributed by atoms with Crippen molar-refractivity contribution in [2.45, 2.75) is 26.5 Å². The van der Waals surface area contributed by atoms with E-state index >= 15 is 0 Å². The van der Waals surface area contributed by atoms with Gasteiger partial charge < -0.3 is 19.7 Å². The van der Waals surface area contributed by atoms with Crippen LogP contribution in [0.25, 0.3) is 0 Å². The smallest absolute Gasteiger partial charge is 0.257 e. The Labute approximate surface area is 177 Å². The molecule has 0 aliphatic carbocycles. The summed E-state index contributed by atoms with van der Waals surface area (Å²) in [6, 6.07) is 15.1. The maximum absolute atomic E-state index is 12.4. The van der Waals surface area contributed by atoms with Crippen LogP contribution in [0.2, 0.25) is 0 Å². The standard InChI is InChI=1S/C22H27N3O3S/c1-16(2)28-20-9-5-18(6-10-20)21(26)24-22(29)23-19-7-3-17(4-8-19)15-25-11-13-27-14-12-25/h3-10,16H,11-15H2,1-2H3,(H2,23,24,26,29)/p+1. The number of amides is 1. The van der Waals surface area contributed by atoms with Gasteiger partial charge in [0.05, 0.1) is 19.3 Å². The fourth-order valence-corrected chi connectivity index (χ4v) is 3.34. The van der Waals surface area contributed by atoms with Crippen LogP contribution in [-0.2, 0) is 11.3 Å². The number of carbonyl (C=O) groups is 1. The van der Waals surface area contributed by atoms with E-state index in [0.717, 1.165) is 44.3 Å². The largest absolute Gasteiger partial charge is 0.491 e. The highest BCUT2D eigenvalue weighted by molar-refractivity contribution is 7.80. The number of hydrogen-bond donors (Lipinski definition) is 3. The first-order valence-corrected chi connectivity index (χ1v) is 10.3. The van der Waals surface area contributed by atoms with Gasteiger partial charge in [-0.15, -0.1) is 0 Å². The Balaban J connectivity index is 1.48. The van der Waals surface area contributed by atoms with Gasteiger partial charge in [-0.2, -0.15) is 0 Å². The summed E-state index contributed by atoms with van der Waals surface area (Å²) in [5.41, 5.74) is 2.64. The van der Waals surface area contributed by atoms with Gasteiger partial charge in [0.15, 0.2) is 5.11 Å². The molecule has 0 aromatic heterocycles. The Morgan fingerprint density at radius 3 is 2.38 bits per heavy atom. The lowest BCUT2D eigenvalue weighted by molar-refractivity contribution is -0.921. The van der Waals surface area contributed by atoms with Crippen LogP contribution in [0.15, 0.2) is 48.5 Å². The average Bonchev–Trinajstić information content (AvgIpc) is 2.70. The van der Waals surface area contributed by atoms with E-state index in [1.165, 1.54) is 10.5 Å². The van der Waals surface area contributed by atoms with Gasteiger partial charge in [-0.1, -0.05) is 12.1 Å². The van der Waals surface area contributed by atoms with Crippen LogP contribution in [0.1, 0.15) is 29.8 Å². The van der Waals surface area contributed by atoms with Crippen LogP contribution in [0.4, 0.5) is 5.69 Å². The van der Waals surface area contributed by atoms with Crippen LogP contribution in [0.5, 0.6) is 5.75 Å². The average molecular weight is 415 g/mol. The van der Waals surface area contributed by atoms with Crippen molar-refractivity contribution in [1.29, 1.82) is 0 Å². The SMILES string of the molecule is CC(C)Oc1ccc(C(=O)NC(=S)Nc2ccc(C[NH+]3CCOCC3)cc2)cc1. The van der Waals surface area contributed by atoms with Crippen molar-refractivity contribution in [3.05, 3.63) is 59.7 Å². The van der Waals surface area contributed by atoms with Gasteiger partial charge in [0, 0.05) is 16.8 Å². The van der Waals surface area contributed by atoms with Gasteiger partial charge in [-0.3, -0.25) is 10.1 Å².